The van der Waals surface area contributed by atoms with Gasteiger partial charge < -0.3 is 4.74 Å². The molecule has 2 rings (SSSR count). The summed E-state index contributed by atoms with van der Waals surface area (Å²) in [5, 5.41) is 4.06. The molecule has 0 saturated carbocycles. The van der Waals surface area contributed by atoms with E-state index in [0.717, 1.165) is 22.5 Å². The molecule has 25 heavy (non-hydrogen) atoms. The van der Waals surface area contributed by atoms with Crippen LogP contribution < -0.4 is 15.6 Å². The quantitative estimate of drug-likeness (QED) is 0.451. The maximum absolute atomic E-state index is 11.9. The average molecular weight is 353 g/mol. The number of benzene rings is 2. The fourth-order valence-electron chi connectivity index (χ4n) is 2.39. The number of carbonyl (C=O) groups excluding carboxylic acids is 1. The van der Waals surface area contributed by atoms with Crippen LogP contribution in [0.4, 0.5) is 0 Å². The van der Waals surface area contributed by atoms with E-state index in [1.54, 1.807) is 25.1 Å². The van der Waals surface area contributed by atoms with Crippen LogP contribution in [0.25, 0.3) is 0 Å². The van der Waals surface area contributed by atoms with Gasteiger partial charge in [-0.15, -0.1) is 11.8 Å². The Kier molecular flexibility index (Phi) is 7.60. The van der Waals surface area contributed by atoms with Crippen molar-refractivity contribution in [3.05, 3.63) is 59.2 Å². The molecule has 0 aromatic heterocycles. The molecule has 0 bridgehead atoms. The van der Waals surface area contributed by atoms with Crippen molar-refractivity contribution in [3.63, 3.8) is 0 Å². The highest BCUT2D eigenvalue weighted by Gasteiger charge is 2.06. The molecular weight excluding hydrogens is 331 g/mol. The molecule has 1 amide bonds. The number of nitrogens with zero attached hydrogens (tertiary/aromatic N) is 1. The molecule has 0 aliphatic rings. The lowest BCUT2D eigenvalue weighted by atomic mass is 9.70. The summed E-state index contributed by atoms with van der Waals surface area (Å²) in [7, 11) is 3.59. The summed E-state index contributed by atoms with van der Waals surface area (Å²) in [6.07, 6.45) is 1.64. The van der Waals surface area contributed by atoms with Crippen LogP contribution in [0.15, 0.2) is 47.6 Å². The second kappa shape index (κ2) is 9.94. The molecule has 0 aliphatic heterocycles. The first-order valence-electron chi connectivity index (χ1n) is 8.06. The second-order valence-electron chi connectivity index (χ2n) is 5.46. The summed E-state index contributed by atoms with van der Waals surface area (Å²) in [5.41, 5.74) is 6.93. The van der Waals surface area contributed by atoms with Gasteiger partial charge in [0.15, 0.2) is 7.28 Å². The van der Waals surface area contributed by atoms with Crippen LogP contribution in [0.1, 0.15) is 16.7 Å². The van der Waals surface area contributed by atoms with Gasteiger partial charge in [-0.2, -0.15) is 5.10 Å². The summed E-state index contributed by atoms with van der Waals surface area (Å²) >= 11 is 1.58. The topological polar surface area (TPSA) is 50.7 Å². The Morgan fingerprint density at radius 3 is 2.80 bits per heavy atom. The van der Waals surface area contributed by atoms with Crippen molar-refractivity contribution in [2.45, 2.75) is 19.5 Å². The molecular formula is C19H22BN2O2S. The van der Waals surface area contributed by atoms with Gasteiger partial charge in [0.05, 0.1) is 19.1 Å². The van der Waals surface area contributed by atoms with Gasteiger partial charge in [-0.05, 0) is 35.1 Å². The van der Waals surface area contributed by atoms with Gasteiger partial charge in [-0.3, -0.25) is 4.79 Å². The Hall–Kier alpha value is -2.21. The Balaban J connectivity index is 1.84. The van der Waals surface area contributed by atoms with Crippen LogP contribution >= 0.6 is 11.8 Å². The van der Waals surface area contributed by atoms with E-state index in [9.17, 15) is 4.79 Å². The Morgan fingerprint density at radius 2 is 2.08 bits per heavy atom. The highest BCUT2D eigenvalue weighted by Crippen LogP contribution is 2.15. The van der Waals surface area contributed by atoms with Crippen molar-refractivity contribution in [1.82, 2.24) is 5.43 Å². The maximum Gasteiger partial charge on any atom is 0.250 e. The molecule has 4 nitrogen and oxygen atoms in total. The summed E-state index contributed by atoms with van der Waals surface area (Å²) < 4.78 is 5.33. The lowest BCUT2D eigenvalue weighted by molar-refractivity contribution is -0.118. The van der Waals surface area contributed by atoms with Crippen molar-refractivity contribution in [2.75, 3.05) is 12.9 Å². The molecule has 0 heterocycles. The van der Waals surface area contributed by atoms with E-state index in [4.69, 9.17) is 4.74 Å². The van der Waals surface area contributed by atoms with Crippen LogP contribution in [0, 0.1) is 6.92 Å². The Bertz CT molecular complexity index is 750. The zero-order chi connectivity index (χ0) is 18.1. The highest BCUT2D eigenvalue weighted by atomic mass is 32.2. The number of amides is 1. The van der Waals surface area contributed by atoms with E-state index < -0.39 is 0 Å². The number of methoxy groups -OCH3 is 1. The monoisotopic (exact) mass is 353 g/mol. The van der Waals surface area contributed by atoms with Crippen LogP contribution in [-0.2, 0) is 10.5 Å². The number of thioether (sulfide) groups is 1. The summed E-state index contributed by atoms with van der Waals surface area (Å²) in [4.78, 5) is 11.9. The highest BCUT2D eigenvalue weighted by molar-refractivity contribution is 7.99. The zero-order valence-electron chi connectivity index (χ0n) is 14.8. The molecule has 6 heteroatoms. The van der Waals surface area contributed by atoms with E-state index in [1.807, 2.05) is 44.4 Å². The van der Waals surface area contributed by atoms with E-state index in [2.05, 4.69) is 29.6 Å². The number of hydrogen-bond acceptors (Lipinski definition) is 4. The van der Waals surface area contributed by atoms with Gasteiger partial charge in [-0.1, -0.05) is 43.2 Å². The lowest BCUT2D eigenvalue weighted by Crippen LogP contribution is -2.22. The van der Waals surface area contributed by atoms with Crippen molar-refractivity contribution < 1.29 is 9.53 Å². The number of carbonyl (C=O) groups is 1. The van der Waals surface area contributed by atoms with E-state index in [0.29, 0.717) is 5.75 Å². The smallest absolute Gasteiger partial charge is 0.250 e. The molecule has 1 radical (unpaired) electrons. The zero-order valence-corrected chi connectivity index (χ0v) is 15.6. The minimum atomic E-state index is -0.111. The minimum absolute atomic E-state index is 0.111. The normalized spacial score (nSPS) is 10.7. The van der Waals surface area contributed by atoms with Gasteiger partial charge in [0.1, 0.15) is 5.75 Å². The molecule has 0 unspecified atom stereocenters. The number of hydrazone groups is 1. The van der Waals surface area contributed by atoms with Gasteiger partial charge >= 0.3 is 0 Å². The first kappa shape index (κ1) is 19.1. The molecule has 0 spiro atoms. The summed E-state index contributed by atoms with van der Waals surface area (Å²) in [5.74, 6) is 1.86. The first-order valence-corrected chi connectivity index (χ1v) is 9.21. The number of aryl methyl sites for hydroxylation is 1. The molecule has 0 atom stereocenters. The average Bonchev–Trinajstić information content (AvgIpc) is 2.63. The Morgan fingerprint density at radius 1 is 1.28 bits per heavy atom. The predicted octanol–water partition coefficient (Wildman–Crippen LogP) is 2.76. The van der Waals surface area contributed by atoms with Crippen LogP contribution in [-0.4, -0.2) is 32.3 Å². The van der Waals surface area contributed by atoms with Gasteiger partial charge in [0.25, 0.3) is 0 Å². The fraction of sp³-hybridized carbons (Fsp3) is 0.263. The Labute approximate surface area is 154 Å². The predicted molar refractivity (Wildman–Crippen MR) is 107 cm³/mol. The maximum atomic E-state index is 11.9. The molecule has 129 valence electrons. The SMILES string of the molecule is C[B]c1c(/C=N/NC(=O)CSCc2ccccc2C)cccc1OC. The molecule has 2 aromatic carbocycles. The van der Waals surface area contributed by atoms with Gasteiger partial charge in [0, 0.05) is 5.75 Å². The lowest BCUT2D eigenvalue weighted by Gasteiger charge is -2.09. The standard InChI is InChI=1S/C19H22BN2O2S/c1-14-7-4-5-8-16(14)12-25-13-18(23)22-21-11-15-9-6-10-17(24-3)19(15)20-2/h4-11H,12-13H2,1-3H3,(H,22,23)/b21-11+. The number of rotatable bonds is 8. The first-order chi connectivity index (χ1) is 12.2. The minimum Gasteiger partial charge on any atom is -0.497 e. The van der Waals surface area contributed by atoms with Crippen molar-refractivity contribution in [2.24, 2.45) is 5.10 Å². The number of hydrogen-bond donors (Lipinski definition) is 1. The summed E-state index contributed by atoms with van der Waals surface area (Å²) in [6.45, 7) is 4.02. The van der Waals surface area contributed by atoms with E-state index in [-0.39, 0.29) is 5.91 Å². The van der Waals surface area contributed by atoms with Crippen molar-refractivity contribution >= 4 is 36.6 Å². The van der Waals surface area contributed by atoms with Crippen molar-refractivity contribution in [3.8, 4) is 5.75 Å². The summed E-state index contributed by atoms with van der Waals surface area (Å²) in [6, 6.07) is 13.9. The second-order valence-corrected chi connectivity index (χ2v) is 6.45. The van der Waals surface area contributed by atoms with Crippen LogP contribution in [0.3, 0.4) is 0 Å². The molecule has 2 aromatic rings. The third-order valence-corrected chi connectivity index (χ3v) is 4.73. The largest absolute Gasteiger partial charge is 0.497 e. The molecule has 0 fully saturated rings. The van der Waals surface area contributed by atoms with Crippen molar-refractivity contribution in [1.29, 1.82) is 0 Å². The fourth-order valence-corrected chi connectivity index (χ4v) is 3.29. The molecule has 0 aliphatic carbocycles. The third-order valence-electron chi connectivity index (χ3n) is 3.75. The third kappa shape index (κ3) is 5.67. The van der Waals surface area contributed by atoms with E-state index >= 15 is 0 Å². The molecule has 1 N–H and O–H groups in total. The van der Waals surface area contributed by atoms with E-state index in [1.165, 1.54) is 11.1 Å². The van der Waals surface area contributed by atoms with Gasteiger partial charge in [-0.25, -0.2) is 5.43 Å². The number of ether oxygens (including phenoxy) is 1. The molecule has 0 saturated heterocycles. The van der Waals surface area contributed by atoms with Crippen LogP contribution in [0.2, 0.25) is 6.82 Å². The van der Waals surface area contributed by atoms with Gasteiger partial charge in [0.2, 0.25) is 5.91 Å². The van der Waals surface area contributed by atoms with Crippen LogP contribution in [0.5, 0.6) is 5.75 Å². The number of nitrogens with one attached hydrogen (secondary N) is 1.